The monoisotopic (exact) mass is 511 g/mol. The summed E-state index contributed by atoms with van der Waals surface area (Å²) >= 11 is 1.28. The van der Waals surface area contributed by atoms with Crippen molar-refractivity contribution in [1.82, 2.24) is 33.6 Å². The average Bonchev–Trinajstić information content (AvgIpc) is 3.24. The second kappa shape index (κ2) is 9.72. The average molecular weight is 512 g/mol. The lowest BCUT2D eigenvalue weighted by atomic mass is 10.1. The number of fused-ring (bicyclic) bond motifs is 1. The van der Waals surface area contributed by atoms with Crippen LogP contribution in [0.2, 0.25) is 0 Å². The molecule has 0 unspecified atom stereocenters. The molecule has 188 valence electrons. The molecule has 2 N–H and O–H groups in total. The van der Waals surface area contributed by atoms with E-state index in [-0.39, 0.29) is 23.7 Å². The number of rotatable bonds is 6. The molecule has 1 saturated heterocycles. The summed E-state index contributed by atoms with van der Waals surface area (Å²) in [5.41, 5.74) is 5.83. The number of nitrogens with zero attached hydrogens (tertiary/aromatic N) is 8. The third kappa shape index (κ3) is 4.45. The number of hydrogen-bond donors (Lipinski definition) is 1. The molecule has 5 rings (SSSR count). The number of aromatic nitrogens is 7. The number of imidazole rings is 1. The number of nitrogens with two attached hydrogens (primary N) is 1. The first-order chi connectivity index (χ1) is 17.3. The summed E-state index contributed by atoms with van der Waals surface area (Å²) in [5, 5.41) is 0.435. The number of halogens is 1. The van der Waals surface area contributed by atoms with E-state index >= 15 is 0 Å². The molecule has 1 aliphatic rings. The van der Waals surface area contributed by atoms with Crippen molar-refractivity contribution in [3.63, 3.8) is 0 Å². The number of nitrogen functional groups attached to an aromatic ring is 1. The molecule has 1 aliphatic heterocycles. The SMILES string of the molecule is Cn1c(=O)c2c(nc(SCc3nc(N)nc(N4CCCCC4)n3)n2Cc2ccccc2F)n(C)c1=O. The van der Waals surface area contributed by atoms with Gasteiger partial charge < -0.3 is 15.2 Å². The fourth-order valence-electron chi connectivity index (χ4n) is 4.33. The van der Waals surface area contributed by atoms with Crippen LogP contribution in [-0.2, 0) is 26.4 Å². The Hall–Kier alpha value is -3.74. The van der Waals surface area contributed by atoms with E-state index < -0.39 is 17.1 Å². The maximum atomic E-state index is 14.5. The minimum Gasteiger partial charge on any atom is -0.368 e. The van der Waals surface area contributed by atoms with Gasteiger partial charge in [-0.05, 0) is 25.3 Å². The first-order valence-corrected chi connectivity index (χ1v) is 12.6. The normalized spacial score (nSPS) is 14.0. The maximum absolute atomic E-state index is 14.5. The van der Waals surface area contributed by atoms with Gasteiger partial charge in [0.05, 0.1) is 12.3 Å². The number of thioether (sulfide) groups is 1. The lowest BCUT2D eigenvalue weighted by molar-refractivity contribution is 0.567. The van der Waals surface area contributed by atoms with Crippen LogP contribution in [0.5, 0.6) is 0 Å². The van der Waals surface area contributed by atoms with Crippen LogP contribution in [-0.4, -0.2) is 46.7 Å². The number of hydrogen-bond acceptors (Lipinski definition) is 9. The van der Waals surface area contributed by atoms with Crippen molar-refractivity contribution >= 4 is 34.8 Å². The standard InChI is InChI=1S/C23H26FN9O2S/c1-30-18-17(19(34)31(2)23(30)35)33(12-14-8-4-5-9-15(14)24)22(28-18)36-13-16-26-20(25)29-21(27-16)32-10-6-3-7-11-32/h4-5,8-9H,3,6-7,10-13H2,1-2H3,(H2,25,26,27,29). The predicted molar refractivity (Wildman–Crippen MR) is 136 cm³/mol. The molecule has 0 atom stereocenters. The Balaban J connectivity index is 1.54. The van der Waals surface area contributed by atoms with Gasteiger partial charge in [0.2, 0.25) is 11.9 Å². The van der Waals surface area contributed by atoms with Crippen molar-refractivity contribution in [2.75, 3.05) is 23.7 Å². The number of benzene rings is 1. The molecular formula is C23H26FN9O2S. The highest BCUT2D eigenvalue weighted by molar-refractivity contribution is 7.98. The van der Waals surface area contributed by atoms with Crippen LogP contribution in [0.1, 0.15) is 30.7 Å². The van der Waals surface area contributed by atoms with Crippen molar-refractivity contribution in [2.45, 2.75) is 36.7 Å². The smallest absolute Gasteiger partial charge is 0.332 e. The molecule has 11 nitrogen and oxygen atoms in total. The van der Waals surface area contributed by atoms with Gasteiger partial charge in [0.1, 0.15) is 11.6 Å². The van der Waals surface area contributed by atoms with E-state index in [0.29, 0.717) is 28.2 Å². The Labute approximate surface area is 209 Å². The zero-order chi connectivity index (χ0) is 25.4. The largest absolute Gasteiger partial charge is 0.368 e. The number of anilines is 2. The topological polar surface area (TPSA) is 130 Å². The Morgan fingerprint density at radius 2 is 1.75 bits per heavy atom. The molecular weight excluding hydrogens is 485 g/mol. The van der Waals surface area contributed by atoms with Crippen LogP contribution >= 0.6 is 11.8 Å². The van der Waals surface area contributed by atoms with Gasteiger partial charge >= 0.3 is 5.69 Å². The van der Waals surface area contributed by atoms with Crippen LogP contribution in [0.25, 0.3) is 11.2 Å². The third-order valence-electron chi connectivity index (χ3n) is 6.26. The first kappa shape index (κ1) is 24.0. The molecule has 1 aromatic carbocycles. The predicted octanol–water partition coefficient (Wildman–Crippen LogP) is 1.67. The third-order valence-corrected chi connectivity index (χ3v) is 7.23. The van der Waals surface area contributed by atoms with Crippen LogP contribution in [0, 0.1) is 5.82 Å². The lowest BCUT2D eigenvalue weighted by Crippen LogP contribution is -2.37. The van der Waals surface area contributed by atoms with Crippen LogP contribution in [0.3, 0.4) is 0 Å². The summed E-state index contributed by atoms with van der Waals surface area (Å²) < 4.78 is 18.5. The fourth-order valence-corrected chi connectivity index (χ4v) is 5.18. The van der Waals surface area contributed by atoms with E-state index in [4.69, 9.17) is 5.73 Å². The maximum Gasteiger partial charge on any atom is 0.332 e. The van der Waals surface area contributed by atoms with Crippen LogP contribution < -0.4 is 21.9 Å². The Morgan fingerprint density at radius 1 is 1.00 bits per heavy atom. The molecule has 0 bridgehead atoms. The van der Waals surface area contributed by atoms with Crippen molar-refractivity contribution in [1.29, 1.82) is 0 Å². The summed E-state index contributed by atoms with van der Waals surface area (Å²) in [4.78, 5) is 45.5. The molecule has 0 saturated carbocycles. The molecule has 0 amide bonds. The number of aryl methyl sites for hydroxylation is 1. The quantitative estimate of drug-likeness (QED) is 0.384. The van der Waals surface area contributed by atoms with Gasteiger partial charge in [0, 0.05) is 32.7 Å². The van der Waals surface area contributed by atoms with E-state index in [9.17, 15) is 14.0 Å². The van der Waals surface area contributed by atoms with Gasteiger partial charge in [-0.25, -0.2) is 14.2 Å². The minimum absolute atomic E-state index is 0.0668. The van der Waals surface area contributed by atoms with Gasteiger partial charge in [-0.2, -0.15) is 15.0 Å². The lowest BCUT2D eigenvalue weighted by Gasteiger charge is -2.26. The fraction of sp³-hybridized carbons (Fsp3) is 0.391. The molecule has 3 aromatic heterocycles. The molecule has 13 heteroatoms. The minimum atomic E-state index is -0.499. The summed E-state index contributed by atoms with van der Waals surface area (Å²) in [5.74, 6) is 1.06. The zero-order valence-electron chi connectivity index (χ0n) is 20.0. The highest BCUT2D eigenvalue weighted by atomic mass is 32.2. The number of piperidine rings is 1. The second-order valence-corrected chi connectivity index (χ2v) is 9.64. The van der Waals surface area contributed by atoms with Crippen molar-refractivity contribution in [3.05, 3.63) is 62.3 Å². The Bertz CT molecular complexity index is 1560. The van der Waals surface area contributed by atoms with Crippen molar-refractivity contribution in [2.24, 2.45) is 14.1 Å². The summed E-state index contributed by atoms with van der Waals surface area (Å²) in [6, 6.07) is 6.35. The second-order valence-electron chi connectivity index (χ2n) is 8.70. The summed E-state index contributed by atoms with van der Waals surface area (Å²) in [7, 11) is 2.96. The highest BCUT2D eigenvalue weighted by Gasteiger charge is 2.21. The van der Waals surface area contributed by atoms with Gasteiger partial charge in [-0.1, -0.05) is 30.0 Å². The van der Waals surface area contributed by atoms with E-state index in [0.717, 1.165) is 30.5 Å². The van der Waals surface area contributed by atoms with Gasteiger partial charge in [0.15, 0.2) is 16.3 Å². The first-order valence-electron chi connectivity index (χ1n) is 11.6. The Morgan fingerprint density at radius 3 is 2.50 bits per heavy atom. The molecule has 0 radical (unpaired) electrons. The van der Waals surface area contributed by atoms with Crippen LogP contribution in [0.4, 0.5) is 16.3 Å². The highest BCUT2D eigenvalue weighted by Crippen LogP contribution is 2.26. The van der Waals surface area contributed by atoms with Gasteiger partial charge in [-0.15, -0.1) is 0 Å². The van der Waals surface area contributed by atoms with Gasteiger partial charge in [0.25, 0.3) is 5.56 Å². The molecule has 0 spiro atoms. The molecule has 36 heavy (non-hydrogen) atoms. The van der Waals surface area contributed by atoms with Crippen molar-refractivity contribution in [3.8, 4) is 0 Å². The summed E-state index contributed by atoms with van der Waals surface area (Å²) in [6.07, 6.45) is 3.33. The van der Waals surface area contributed by atoms with E-state index in [1.807, 2.05) is 0 Å². The zero-order valence-corrected chi connectivity index (χ0v) is 20.8. The molecule has 1 fully saturated rings. The van der Waals surface area contributed by atoms with Crippen LogP contribution in [0.15, 0.2) is 39.0 Å². The van der Waals surface area contributed by atoms with Gasteiger partial charge in [-0.3, -0.25) is 13.9 Å². The molecule has 4 heterocycles. The molecule has 0 aliphatic carbocycles. The summed E-state index contributed by atoms with van der Waals surface area (Å²) in [6.45, 7) is 1.80. The molecule has 4 aromatic rings. The van der Waals surface area contributed by atoms with Crippen molar-refractivity contribution < 1.29 is 4.39 Å². The Kier molecular flexibility index (Phi) is 6.48. The van der Waals surface area contributed by atoms with E-state index in [1.165, 1.54) is 35.9 Å². The van der Waals surface area contributed by atoms with E-state index in [2.05, 4.69) is 24.8 Å². The van der Waals surface area contributed by atoms with E-state index in [1.54, 1.807) is 29.8 Å².